The first kappa shape index (κ1) is 14.4. The highest BCUT2D eigenvalue weighted by Gasteiger charge is 2.30. The highest BCUT2D eigenvalue weighted by atomic mass is 32.1. The topological polar surface area (TPSA) is 33.3 Å². The largest absolute Gasteiger partial charge is 0.391 e. The molecule has 0 bridgehead atoms. The molecule has 0 heterocycles. The van der Waals surface area contributed by atoms with Crippen LogP contribution in [0.5, 0.6) is 0 Å². The van der Waals surface area contributed by atoms with Gasteiger partial charge in [-0.25, -0.2) is 0 Å². The first-order valence-electron chi connectivity index (χ1n) is 4.45. The number of ether oxygens (including phenoxy) is 1. The van der Waals surface area contributed by atoms with Crippen LogP contribution in [-0.2, 0) is 4.74 Å². The molecule has 0 aromatic heterocycles. The molecule has 3 nitrogen and oxygen atoms in total. The van der Waals surface area contributed by atoms with Crippen molar-refractivity contribution in [3.05, 3.63) is 0 Å². The molecule has 0 radical (unpaired) electrons. The maximum atomic E-state index is 11.9. The van der Waals surface area contributed by atoms with E-state index in [9.17, 15) is 13.2 Å². The Balaban J connectivity index is 3.67. The SMILES string of the molecule is COCCNC(=S)NC(C)CC(F)(F)F. The predicted octanol–water partition coefficient (Wildman–Crippen LogP) is 1.44. The Labute approximate surface area is 92.4 Å². The molecule has 1 atom stereocenters. The highest BCUT2D eigenvalue weighted by molar-refractivity contribution is 7.80. The molecule has 0 saturated heterocycles. The van der Waals surface area contributed by atoms with E-state index < -0.39 is 18.6 Å². The summed E-state index contributed by atoms with van der Waals surface area (Å²) >= 11 is 4.79. The number of methoxy groups -OCH3 is 1. The van der Waals surface area contributed by atoms with Gasteiger partial charge in [0.2, 0.25) is 0 Å². The Morgan fingerprint density at radius 3 is 2.53 bits per heavy atom. The van der Waals surface area contributed by atoms with Crippen LogP contribution in [0.15, 0.2) is 0 Å². The third-order valence-electron chi connectivity index (χ3n) is 1.51. The van der Waals surface area contributed by atoms with E-state index in [2.05, 4.69) is 10.6 Å². The number of hydrogen-bond donors (Lipinski definition) is 2. The van der Waals surface area contributed by atoms with Gasteiger partial charge in [-0.05, 0) is 19.1 Å². The van der Waals surface area contributed by atoms with E-state index in [1.54, 1.807) is 0 Å². The molecule has 90 valence electrons. The zero-order valence-corrected chi connectivity index (χ0v) is 9.47. The molecule has 0 amide bonds. The molecule has 0 saturated carbocycles. The molecule has 15 heavy (non-hydrogen) atoms. The Bertz CT molecular complexity index is 199. The fourth-order valence-electron chi connectivity index (χ4n) is 0.940. The zero-order chi connectivity index (χ0) is 11.9. The Morgan fingerprint density at radius 1 is 1.47 bits per heavy atom. The second-order valence-corrected chi connectivity index (χ2v) is 3.52. The van der Waals surface area contributed by atoms with Gasteiger partial charge in [-0.3, -0.25) is 0 Å². The van der Waals surface area contributed by atoms with Crippen LogP contribution in [0.2, 0.25) is 0 Å². The molecule has 0 fully saturated rings. The number of alkyl halides is 3. The van der Waals surface area contributed by atoms with Gasteiger partial charge < -0.3 is 15.4 Å². The number of rotatable bonds is 5. The van der Waals surface area contributed by atoms with Crippen LogP contribution in [0, 0.1) is 0 Å². The summed E-state index contributed by atoms with van der Waals surface area (Å²) in [6.45, 7) is 2.36. The summed E-state index contributed by atoms with van der Waals surface area (Å²) in [6, 6.07) is -0.729. The van der Waals surface area contributed by atoms with Gasteiger partial charge in [0.15, 0.2) is 5.11 Å². The van der Waals surface area contributed by atoms with Crippen molar-refractivity contribution in [3.8, 4) is 0 Å². The molecular weight excluding hydrogens is 229 g/mol. The molecule has 0 aromatic rings. The lowest BCUT2D eigenvalue weighted by atomic mass is 10.2. The third kappa shape index (κ3) is 9.74. The van der Waals surface area contributed by atoms with E-state index in [1.807, 2.05) is 0 Å². The summed E-state index contributed by atoms with van der Waals surface area (Å²) < 4.78 is 40.6. The summed E-state index contributed by atoms with van der Waals surface area (Å²) in [4.78, 5) is 0. The van der Waals surface area contributed by atoms with Crippen molar-refractivity contribution in [1.29, 1.82) is 0 Å². The van der Waals surface area contributed by atoms with Gasteiger partial charge in [-0.2, -0.15) is 13.2 Å². The van der Waals surface area contributed by atoms with Crippen LogP contribution >= 0.6 is 12.2 Å². The number of halogens is 3. The Hall–Kier alpha value is -0.560. The molecule has 1 unspecified atom stereocenters. The van der Waals surface area contributed by atoms with E-state index in [0.717, 1.165) is 0 Å². The number of thiocarbonyl (C=S) groups is 1. The monoisotopic (exact) mass is 244 g/mol. The molecule has 0 aliphatic rings. The lowest BCUT2D eigenvalue weighted by molar-refractivity contribution is -0.138. The van der Waals surface area contributed by atoms with E-state index >= 15 is 0 Å². The van der Waals surface area contributed by atoms with E-state index in [4.69, 9.17) is 17.0 Å². The molecule has 0 spiro atoms. The minimum atomic E-state index is -4.17. The van der Waals surface area contributed by atoms with Gasteiger partial charge in [0, 0.05) is 19.7 Å². The normalized spacial score (nSPS) is 13.4. The van der Waals surface area contributed by atoms with Crippen LogP contribution in [0.3, 0.4) is 0 Å². The Morgan fingerprint density at radius 2 is 2.07 bits per heavy atom. The van der Waals surface area contributed by atoms with Crippen LogP contribution in [0.4, 0.5) is 13.2 Å². The Kier molecular flexibility index (Phi) is 6.58. The molecule has 0 aromatic carbocycles. The molecular formula is C8H15F3N2OS. The summed E-state index contributed by atoms with van der Waals surface area (Å²) in [6.07, 6.45) is -5.08. The average molecular weight is 244 g/mol. The van der Waals surface area contributed by atoms with Crippen molar-refractivity contribution in [1.82, 2.24) is 10.6 Å². The van der Waals surface area contributed by atoms with Crippen molar-refractivity contribution in [3.63, 3.8) is 0 Å². The van der Waals surface area contributed by atoms with Crippen LogP contribution < -0.4 is 10.6 Å². The van der Waals surface area contributed by atoms with Gasteiger partial charge >= 0.3 is 6.18 Å². The van der Waals surface area contributed by atoms with Gasteiger partial charge in [0.25, 0.3) is 0 Å². The first-order valence-corrected chi connectivity index (χ1v) is 4.86. The van der Waals surface area contributed by atoms with Crippen molar-refractivity contribution in [2.45, 2.75) is 25.6 Å². The summed E-state index contributed by atoms with van der Waals surface area (Å²) in [7, 11) is 1.53. The lowest BCUT2D eigenvalue weighted by Gasteiger charge is -2.18. The molecule has 2 N–H and O–H groups in total. The van der Waals surface area contributed by atoms with E-state index in [-0.39, 0.29) is 5.11 Å². The fourth-order valence-corrected chi connectivity index (χ4v) is 1.24. The smallest absolute Gasteiger partial charge is 0.383 e. The second-order valence-electron chi connectivity index (χ2n) is 3.11. The van der Waals surface area contributed by atoms with Gasteiger partial charge in [-0.1, -0.05) is 0 Å². The van der Waals surface area contributed by atoms with Crippen LogP contribution in [-0.4, -0.2) is 37.6 Å². The number of hydrogen-bond acceptors (Lipinski definition) is 2. The molecule has 7 heteroatoms. The van der Waals surface area contributed by atoms with Crippen LogP contribution in [0.1, 0.15) is 13.3 Å². The van der Waals surface area contributed by atoms with Crippen molar-refractivity contribution in [2.24, 2.45) is 0 Å². The second kappa shape index (κ2) is 6.84. The van der Waals surface area contributed by atoms with Crippen molar-refractivity contribution >= 4 is 17.3 Å². The molecule has 0 aliphatic heterocycles. The predicted molar refractivity (Wildman–Crippen MR) is 55.7 cm³/mol. The minimum absolute atomic E-state index is 0.212. The van der Waals surface area contributed by atoms with Crippen molar-refractivity contribution < 1.29 is 17.9 Å². The molecule has 0 aliphatic carbocycles. The maximum Gasteiger partial charge on any atom is 0.391 e. The summed E-state index contributed by atoms with van der Waals surface area (Å²) in [5.41, 5.74) is 0. The highest BCUT2D eigenvalue weighted by Crippen LogP contribution is 2.21. The van der Waals surface area contributed by atoms with E-state index in [0.29, 0.717) is 13.2 Å². The minimum Gasteiger partial charge on any atom is -0.383 e. The molecule has 0 rings (SSSR count). The zero-order valence-electron chi connectivity index (χ0n) is 8.65. The lowest BCUT2D eigenvalue weighted by Crippen LogP contribution is -2.43. The van der Waals surface area contributed by atoms with E-state index in [1.165, 1.54) is 14.0 Å². The standard InChI is InChI=1S/C8H15F3N2OS/c1-6(5-8(9,10)11)13-7(15)12-3-4-14-2/h6H,3-5H2,1-2H3,(H2,12,13,15). The average Bonchev–Trinajstić information content (AvgIpc) is 2.00. The quantitative estimate of drug-likeness (QED) is 0.566. The van der Waals surface area contributed by atoms with Gasteiger partial charge in [-0.15, -0.1) is 0 Å². The van der Waals surface area contributed by atoms with Crippen molar-refractivity contribution in [2.75, 3.05) is 20.3 Å². The van der Waals surface area contributed by atoms with Crippen LogP contribution in [0.25, 0.3) is 0 Å². The van der Waals surface area contributed by atoms with Gasteiger partial charge in [0.1, 0.15) is 0 Å². The maximum absolute atomic E-state index is 11.9. The number of nitrogens with one attached hydrogen (secondary N) is 2. The van der Waals surface area contributed by atoms with Gasteiger partial charge in [0.05, 0.1) is 13.0 Å². The summed E-state index contributed by atoms with van der Waals surface area (Å²) in [5.74, 6) is 0. The summed E-state index contributed by atoms with van der Waals surface area (Å²) in [5, 5.41) is 5.48. The first-order chi connectivity index (χ1) is 6.85. The fraction of sp³-hybridized carbons (Fsp3) is 0.875. The third-order valence-corrected chi connectivity index (χ3v) is 1.77.